The summed E-state index contributed by atoms with van der Waals surface area (Å²) >= 11 is 1.35. The van der Waals surface area contributed by atoms with Crippen LogP contribution < -0.4 is 9.47 Å². The lowest BCUT2D eigenvalue weighted by Gasteiger charge is -2.26. The summed E-state index contributed by atoms with van der Waals surface area (Å²) in [6.45, 7) is 0.796. The van der Waals surface area contributed by atoms with Gasteiger partial charge in [-0.1, -0.05) is 72.4 Å². The molecule has 6 nitrogen and oxygen atoms in total. The van der Waals surface area contributed by atoms with Gasteiger partial charge in [0.05, 0.1) is 11.3 Å². The van der Waals surface area contributed by atoms with Crippen molar-refractivity contribution in [2.24, 2.45) is 4.99 Å². The first-order valence-electron chi connectivity index (χ1n) is 10.8. The number of rotatable bonds is 7. The molecule has 2 aliphatic rings. The zero-order valence-corrected chi connectivity index (χ0v) is 19.0. The molecule has 0 bridgehead atoms. The van der Waals surface area contributed by atoms with Gasteiger partial charge in [-0.3, -0.25) is 15.1 Å². The fourth-order valence-electron chi connectivity index (χ4n) is 3.61. The van der Waals surface area contributed by atoms with E-state index < -0.39 is 5.91 Å². The maximum atomic E-state index is 12.7. The molecule has 7 heteroatoms. The van der Waals surface area contributed by atoms with Crippen molar-refractivity contribution in [1.29, 1.82) is 5.41 Å². The molecule has 0 saturated carbocycles. The molecular weight excluding hydrogens is 446 g/mol. The molecule has 3 aromatic rings. The van der Waals surface area contributed by atoms with E-state index in [9.17, 15) is 4.79 Å². The lowest BCUT2D eigenvalue weighted by atomic mass is 10.1. The lowest BCUT2D eigenvalue weighted by molar-refractivity contribution is -0.114. The smallest absolute Gasteiger partial charge is 0.283 e. The zero-order chi connectivity index (χ0) is 23.3. The maximum Gasteiger partial charge on any atom is 0.283 e. The summed E-state index contributed by atoms with van der Waals surface area (Å²) in [5.74, 6) is 1.14. The Hall–Kier alpha value is -4.10. The predicted octanol–water partition coefficient (Wildman–Crippen LogP) is 5.45. The summed E-state index contributed by atoms with van der Waals surface area (Å²) in [6, 6.07) is 26.8. The molecule has 0 fully saturated rings. The van der Waals surface area contributed by atoms with Crippen molar-refractivity contribution in [2.75, 3.05) is 13.2 Å². The Morgan fingerprint density at radius 3 is 2.32 bits per heavy atom. The minimum Gasteiger partial charge on any atom is -0.490 e. The van der Waals surface area contributed by atoms with Crippen LogP contribution in [-0.4, -0.2) is 35.0 Å². The largest absolute Gasteiger partial charge is 0.490 e. The average Bonchev–Trinajstić information content (AvgIpc) is 3.30. The van der Waals surface area contributed by atoms with Crippen LogP contribution in [0.3, 0.4) is 0 Å². The number of amides is 1. The summed E-state index contributed by atoms with van der Waals surface area (Å²) in [6.07, 6.45) is 1.68. The predicted molar refractivity (Wildman–Crippen MR) is 136 cm³/mol. The van der Waals surface area contributed by atoms with Gasteiger partial charge in [0, 0.05) is 5.41 Å². The Morgan fingerprint density at radius 1 is 0.882 bits per heavy atom. The number of carbonyl (C=O) groups excluding carboxylic acids is 1. The highest BCUT2D eigenvalue weighted by Gasteiger charge is 2.36. The van der Waals surface area contributed by atoms with Crippen molar-refractivity contribution < 1.29 is 14.3 Å². The van der Waals surface area contributed by atoms with Crippen LogP contribution in [0.5, 0.6) is 11.5 Å². The number of ether oxygens (including phenoxy) is 2. The Balaban J connectivity index is 1.30. The Labute approximate surface area is 201 Å². The highest BCUT2D eigenvalue weighted by atomic mass is 32.2. The number of para-hydroxylation sites is 1. The molecular formula is C27H21N3O3S. The van der Waals surface area contributed by atoms with Crippen LogP contribution >= 0.6 is 11.8 Å². The van der Waals surface area contributed by atoms with E-state index in [1.807, 2.05) is 90.3 Å². The first-order valence-corrected chi connectivity index (χ1v) is 11.6. The number of fused-ring (bicyclic) bond motifs is 1. The quantitative estimate of drug-likeness (QED) is 0.370. The normalized spacial score (nSPS) is 16.2. The highest BCUT2D eigenvalue weighted by molar-refractivity contribution is 8.17. The second-order valence-electron chi connectivity index (χ2n) is 7.51. The number of nitrogens with one attached hydrogen (secondary N) is 1. The van der Waals surface area contributed by atoms with Crippen molar-refractivity contribution in [3.63, 3.8) is 0 Å². The second kappa shape index (κ2) is 9.80. The number of hydrogen-bond donors (Lipinski definition) is 1. The van der Waals surface area contributed by atoms with Gasteiger partial charge in [0.15, 0.2) is 5.17 Å². The molecule has 0 radical (unpaired) electrons. The summed E-state index contributed by atoms with van der Waals surface area (Å²) in [5, 5.41) is 11.2. The molecule has 0 spiro atoms. The first-order chi connectivity index (χ1) is 16.7. The third-order valence-electron chi connectivity index (χ3n) is 5.22. The van der Waals surface area contributed by atoms with Crippen LogP contribution in [0.15, 0.2) is 101 Å². The van der Waals surface area contributed by atoms with Crippen molar-refractivity contribution in [3.05, 3.63) is 107 Å². The van der Waals surface area contributed by atoms with Crippen LogP contribution in [0.2, 0.25) is 0 Å². The molecule has 34 heavy (non-hydrogen) atoms. The van der Waals surface area contributed by atoms with Gasteiger partial charge < -0.3 is 9.47 Å². The number of amidine groups is 2. The Kier molecular flexibility index (Phi) is 6.27. The number of nitrogens with zero attached hydrogens (tertiary/aromatic N) is 2. The Morgan fingerprint density at radius 2 is 1.56 bits per heavy atom. The highest BCUT2D eigenvalue weighted by Crippen LogP contribution is 2.37. The van der Waals surface area contributed by atoms with Crippen molar-refractivity contribution in [1.82, 2.24) is 4.90 Å². The van der Waals surface area contributed by atoms with Gasteiger partial charge in [-0.05, 0) is 41.5 Å². The van der Waals surface area contributed by atoms with E-state index in [1.54, 1.807) is 11.0 Å². The van der Waals surface area contributed by atoms with Crippen LogP contribution in [0.4, 0.5) is 0 Å². The molecule has 0 unspecified atom stereocenters. The van der Waals surface area contributed by atoms with E-state index in [2.05, 4.69) is 4.99 Å². The fraction of sp³-hybridized carbons (Fsp3) is 0.0741. The summed E-state index contributed by atoms with van der Waals surface area (Å²) in [7, 11) is 0. The van der Waals surface area contributed by atoms with Gasteiger partial charge >= 0.3 is 0 Å². The molecule has 2 heterocycles. The van der Waals surface area contributed by atoms with E-state index in [4.69, 9.17) is 14.9 Å². The molecule has 3 aromatic carbocycles. The molecule has 168 valence electrons. The van der Waals surface area contributed by atoms with Crippen molar-refractivity contribution in [2.45, 2.75) is 0 Å². The van der Waals surface area contributed by atoms with Crippen molar-refractivity contribution in [3.8, 4) is 11.5 Å². The SMILES string of the molecule is N=C1C(=Cc2cccc(OCCOc3ccccc3)c2)C(=O)N=C2SC=C(c3ccccc3)N12. The van der Waals surface area contributed by atoms with Gasteiger partial charge in [-0.15, -0.1) is 0 Å². The van der Waals surface area contributed by atoms with E-state index >= 15 is 0 Å². The molecule has 1 amide bonds. The van der Waals surface area contributed by atoms with Crippen molar-refractivity contribution >= 4 is 40.4 Å². The summed E-state index contributed by atoms with van der Waals surface area (Å²) < 4.78 is 11.5. The monoisotopic (exact) mass is 467 g/mol. The zero-order valence-electron chi connectivity index (χ0n) is 18.2. The molecule has 2 aliphatic heterocycles. The van der Waals surface area contributed by atoms with Crippen LogP contribution in [0, 0.1) is 5.41 Å². The van der Waals surface area contributed by atoms with E-state index in [-0.39, 0.29) is 11.4 Å². The van der Waals surface area contributed by atoms with Crippen LogP contribution in [-0.2, 0) is 4.79 Å². The molecule has 0 aliphatic carbocycles. The van der Waals surface area contributed by atoms with Gasteiger partial charge in [0.2, 0.25) is 0 Å². The molecule has 0 saturated heterocycles. The molecule has 1 N–H and O–H groups in total. The average molecular weight is 468 g/mol. The van der Waals surface area contributed by atoms with Gasteiger partial charge in [0.1, 0.15) is 30.5 Å². The maximum absolute atomic E-state index is 12.7. The summed E-state index contributed by atoms with van der Waals surface area (Å²) in [4.78, 5) is 18.7. The molecule has 5 rings (SSSR count). The number of carbonyl (C=O) groups is 1. The fourth-order valence-corrected chi connectivity index (χ4v) is 4.50. The number of thioether (sulfide) groups is 1. The van der Waals surface area contributed by atoms with Crippen LogP contribution in [0.25, 0.3) is 11.8 Å². The van der Waals surface area contributed by atoms with E-state index in [0.29, 0.717) is 24.1 Å². The topological polar surface area (TPSA) is 75.0 Å². The van der Waals surface area contributed by atoms with Gasteiger partial charge in [0.25, 0.3) is 5.91 Å². The molecule has 0 aromatic heterocycles. The molecule has 0 atom stereocenters. The minimum absolute atomic E-state index is 0.109. The lowest BCUT2D eigenvalue weighted by Crippen LogP contribution is -2.38. The van der Waals surface area contributed by atoms with Crippen LogP contribution in [0.1, 0.15) is 11.1 Å². The van der Waals surface area contributed by atoms with Gasteiger partial charge in [-0.2, -0.15) is 4.99 Å². The number of benzene rings is 3. The number of aliphatic imine (C=N–C) groups is 1. The second-order valence-corrected chi connectivity index (χ2v) is 8.35. The minimum atomic E-state index is -0.422. The van der Waals surface area contributed by atoms with E-state index in [0.717, 1.165) is 22.6 Å². The third-order valence-corrected chi connectivity index (χ3v) is 6.04. The van der Waals surface area contributed by atoms with E-state index in [1.165, 1.54) is 11.8 Å². The van der Waals surface area contributed by atoms with Gasteiger partial charge in [-0.25, -0.2) is 0 Å². The Bertz CT molecular complexity index is 1320. The third kappa shape index (κ3) is 4.65. The number of hydrogen-bond acceptors (Lipinski definition) is 5. The summed E-state index contributed by atoms with van der Waals surface area (Å²) in [5.41, 5.74) is 2.79. The standard InChI is InChI=1S/C27H21N3O3S/c28-25-23(26(31)29-27-30(25)24(18-34-27)20-9-3-1-4-10-20)17-19-8-7-13-22(16-19)33-15-14-32-21-11-5-2-6-12-21/h1-13,16-18,28H,14-15H2. The first kappa shape index (κ1) is 21.7.